The van der Waals surface area contributed by atoms with E-state index in [1.165, 1.54) is 189 Å². The Bertz CT molecular complexity index is 3530. The molecule has 0 saturated heterocycles. The minimum atomic E-state index is 0.0442. The number of rotatable bonds is 10. The monoisotopic (exact) mass is 1300 g/mol. The van der Waals surface area contributed by atoms with Crippen LogP contribution in [-0.2, 0) is 21.7 Å². The molecule has 4 aliphatic carbocycles. The molecule has 0 aromatic heterocycles. The highest BCUT2D eigenvalue weighted by Crippen LogP contribution is 2.55. The summed E-state index contributed by atoms with van der Waals surface area (Å²) < 4.78 is 0. The van der Waals surface area contributed by atoms with Gasteiger partial charge in [0.2, 0.25) is 0 Å². The van der Waals surface area contributed by atoms with Gasteiger partial charge in [0.05, 0.1) is 0 Å². The molecule has 0 spiro atoms. The van der Waals surface area contributed by atoms with Gasteiger partial charge in [-0.15, -0.1) is 0 Å². The van der Waals surface area contributed by atoms with E-state index < -0.39 is 0 Å². The predicted octanol–water partition coefficient (Wildman–Crippen LogP) is 25.5. The molecule has 0 heterocycles. The highest BCUT2D eigenvalue weighted by molar-refractivity contribution is 5.45. The molecule has 8 aromatic carbocycles. The first-order chi connectivity index (χ1) is 46.3. The first kappa shape index (κ1) is 74.2. The van der Waals surface area contributed by atoms with Gasteiger partial charge in [-0.1, -0.05) is 288 Å². The Morgan fingerprint density at radius 1 is 0.381 bits per heavy atom. The van der Waals surface area contributed by atoms with Crippen molar-refractivity contribution in [1.29, 1.82) is 0 Å². The van der Waals surface area contributed by atoms with E-state index >= 15 is 0 Å². The lowest BCUT2D eigenvalue weighted by Gasteiger charge is -2.48. The average Bonchev–Trinajstić information content (AvgIpc) is 0.767. The minimum Gasteiger partial charge on any atom is -0.508 e. The van der Waals surface area contributed by atoms with Gasteiger partial charge < -0.3 is 20.4 Å². The summed E-state index contributed by atoms with van der Waals surface area (Å²) in [6, 6.07) is 68.2. The van der Waals surface area contributed by atoms with Gasteiger partial charge in [-0.3, -0.25) is 0 Å². The Morgan fingerprint density at radius 2 is 0.742 bits per heavy atom. The summed E-state index contributed by atoms with van der Waals surface area (Å²) >= 11 is 0. The van der Waals surface area contributed by atoms with E-state index in [2.05, 4.69) is 236 Å². The van der Waals surface area contributed by atoms with Crippen LogP contribution >= 0.6 is 0 Å². The maximum absolute atomic E-state index is 9.80. The largest absolute Gasteiger partial charge is 0.508 e. The van der Waals surface area contributed by atoms with Crippen LogP contribution in [0.3, 0.4) is 0 Å². The predicted molar refractivity (Wildman–Crippen MR) is 411 cm³/mol. The molecule has 0 bridgehead atoms. The number of hydrogen-bond acceptors (Lipinski definition) is 4. The van der Waals surface area contributed by atoms with E-state index in [9.17, 15) is 20.4 Å². The molecule has 12 rings (SSSR count). The molecule has 0 aliphatic heterocycles. The second-order valence-corrected chi connectivity index (χ2v) is 33.1. The maximum atomic E-state index is 9.80. The Balaban J connectivity index is 0.000000152. The van der Waals surface area contributed by atoms with Gasteiger partial charge in [0, 0.05) is 10.8 Å². The van der Waals surface area contributed by atoms with Crippen LogP contribution in [0.15, 0.2) is 194 Å². The number of aromatic hydroxyl groups is 4. The summed E-state index contributed by atoms with van der Waals surface area (Å²) in [6.45, 7) is 30.1. The molecule has 8 unspecified atom stereocenters. The van der Waals surface area contributed by atoms with E-state index in [1.54, 1.807) is 0 Å². The number of aryl methyl sites for hydroxylation is 4. The molecular formula is C93H122O4. The van der Waals surface area contributed by atoms with Crippen LogP contribution < -0.4 is 0 Å². The van der Waals surface area contributed by atoms with Gasteiger partial charge in [-0.05, 0) is 249 Å². The maximum Gasteiger partial charge on any atom is 0.115 e. The van der Waals surface area contributed by atoms with Gasteiger partial charge in [0.1, 0.15) is 23.0 Å². The van der Waals surface area contributed by atoms with Crippen LogP contribution in [0.25, 0.3) is 0 Å². The molecule has 4 heteroatoms. The first-order valence-electron chi connectivity index (χ1n) is 37.7. The van der Waals surface area contributed by atoms with Crippen LogP contribution in [0.4, 0.5) is 0 Å². The Morgan fingerprint density at radius 3 is 1.18 bits per heavy atom. The van der Waals surface area contributed by atoms with Crippen molar-refractivity contribution in [2.75, 3.05) is 0 Å². The Labute approximate surface area is 587 Å². The van der Waals surface area contributed by atoms with E-state index in [-0.39, 0.29) is 21.7 Å². The van der Waals surface area contributed by atoms with Crippen LogP contribution in [-0.4, -0.2) is 20.4 Å². The van der Waals surface area contributed by atoms with Crippen LogP contribution in [0, 0.1) is 62.7 Å². The fraction of sp³-hybridized carbons (Fsp3) is 0.484. The number of phenols is 4. The van der Waals surface area contributed by atoms with Gasteiger partial charge in [-0.25, -0.2) is 0 Å². The molecule has 0 amide bonds. The zero-order chi connectivity index (χ0) is 69.5. The zero-order valence-electron chi connectivity index (χ0n) is 61.9. The van der Waals surface area contributed by atoms with Crippen molar-refractivity contribution >= 4 is 0 Å². The second-order valence-electron chi connectivity index (χ2n) is 33.1. The van der Waals surface area contributed by atoms with E-state index in [4.69, 9.17) is 0 Å². The number of hydrogen-bond donors (Lipinski definition) is 4. The topological polar surface area (TPSA) is 80.9 Å². The lowest BCUT2D eigenvalue weighted by molar-refractivity contribution is 0.127. The number of benzene rings is 8. The van der Waals surface area contributed by atoms with Gasteiger partial charge in [-0.2, -0.15) is 0 Å². The third-order valence-electron chi connectivity index (χ3n) is 24.1. The van der Waals surface area contributed by atoms with E-state index in [1.807, 2.05) is 48.5 Å². The fourth-order valence-electron chi connectivity index (χ4n) is 18.4. The SMILES string of the molecule is Cc1ccc(C(C)(C)C2CCC(C)C(c3ccc(O)cc3)C2)cc1.Cc1ccc(C2(c3ccc(O)cc3)CC(C)CC(C)(C)C2)cc1.Cc1ccc(C2(c3ccc(O)cc3)CCCCCCCCCCC2)cc1.Cc1ccc(C2CC(C)(c3ccc(O)cc3)CCC2C(C)C)cc1. The molecule has 4 aliphatic rings. The molecule has 4 fully saturated rings. The van der Waals surface area contributed by atoms with Crippen molar-refractivity contribution in [1.82, 2.24) is 0 Å². The highest BCUT2D eigenvalue weighted by atomic mass is 16.3. The molecule has 4 saturated carbocycles. The summed E-state index contributed by atoms with van der Waals surface area (Å²) in [6.07, 6.45) is 25.7. The van der Waals surface area contributed by atoms with Crippen molar-refractivity contribution in [3.63, 3.8) is 0 Å². The third-order valence-corrected chi connectivity index (χ3v) is 24.1. The van der Waals surface area contributed by atoms with Crippen molar-refractivity contribution in [2.24, 2.45) is 35.0 Å². The summed E-state index contributed by atoms with van der Waals surface area (Å²) in [5.41, 5.74) is 17.4. The van der Waals surface area contributed by atoms with Gasteiger partial charge >= 0.3 is 0 Å². The van der Waals surface area contributed by atoms with Crippen LogP contribution in [0.1, 0.15) is 269 Å². The standard InChI is InChI=1S/C25H34O.2C23H30O.C22H28O/c1-21-11-13-22(14-12-21)25(23-15-17-24(26)18-16-23)19-9-7-5-3-2-4-6-8-10-20-25;1-16-5-10-19(11-6-16)23(3,4)20-12-7-17(2)22(15-20)18-8-13-21(24)14-9-18;1-16(2)21-13-14-23(4,19-9-11-20(24)12-10-19)15-22(21)18-7-5-17(3)6-8-18;1-16-5-7-18(8-6-16)22(19-9-11-20(23)12-10-19)14-17(2)13-21(3,4)15-22/h11-18,26H,2-10,19-20H2,1H3;5-6,8-11,13-14,17,20,22,24H,7,12,15H2,1-4H3;5-12,16,21-22,24H,13-15H2,1-4H3;5-12,17,23H,13-15H2,1-4H3. The van der Waals surface area contributed by atoms with Crippen molar-refractivity contribution in [3.05, 3.63) is 261 Å². The highest BCUT2D eigenvalue weighted by Gasteiger charge is 2.46. The number of phenolic OH excluding ortho intramolecular Hbond substituents is 4. The van der Waals surface area contributed by atoms with Crippen molar-refractivity contribution in [2.45, 2.75) is 252 Å². The Kier molecular flexibility index (Phi) is 25.4. The molecular weight excluding hydrogens is 1180 g/mol. The second kappa shape index (κ2) is 33.2. The fourth-order valence-corrected chi connectivity index (χ4v) is 18.4. The summed E-state index contributed by atoms with van der Waals surface area (Å²) in [5.74, 6) is 6.17. The summed E-state index contributed by atoms with van der Waals surface area (Å²) in [5, 5.41) is 38.7. The van der Waals surface area contributed by atoms with Gasteiger partial charge in [0.25, 0.3) is 0 Å². The minimum absolute atomic E-state index is 0.0442. The van der Waals surface area contributed by atoms with Crippen molar-refractivity contribution < 1.29 is 20.4 Å². The molecule has 4 N–H and O–H groups in total. The molecule has 8 atom stereocenters. The van der Waals surface area contributed by atoms with E-state index in [0.717, 1.165) is 12.3 Å². The molecule has 0 radical (unpaired) electrons. The lowest BCUT2D eigenvalue weighted by atomic mass is 9.55. The lowest BCUT2D eigenvalue weighted by Crippen LogP contribution is -2.41. The smallest absolute Gasteiger partial charge is 0.115 e. The third kappa shape index (κ3) is 19.2. The summed E-state index contributed by atoms with van der Waals surface area (Å²) in [7, 11) is 0. The molecule has 97 heavy (non-hydrogen) atoms. The van der Waals surface area contributed by atoms with Crippen molar-refractivity contribution in [3.8, 4) is 23.0 Å². The first-order valence-corrected chi connectivity index (χ1v) is 37.7. The normalized spacial score (nSPS) is 24.4. The molecule has 4 nitrogen and oxygen atoms in total. The average molecular weight is 1300 g/mol. The molecule has 518 valence electrons. The van der Waals surface area contributed by atoms with Crippen LogP contribution in [0.2, 0.25) is 0 Å². The Hall–Kier alpha value is -7.04. The van der Waals surface area contributed by atoms with E-state index in [0.29, 0.717) is 63.9 Å². The van der Waals surface area contributed by atoms with Crippen LogP contribution in [0.5, 0.6) is 23.0 Å². The van der Waals surface area contributed by atoms with Gasteiger partial charge in [0.15, 0.2) is 0 Å². The quantitative estimate of drug-likeness (QED) is 0.110. The summed E-state index contributed by atoms with van der Waals surface area (Å²) in [4.78, 5) is 0. The molecule has 8 aromatic rings. The zero-order valence-corrected chi connectivity index (χ0v) is 61.9.